The quantitative estimate of drug-likeness (QED) is 0.727. The second kappa shape index (κ2) is 4.22. The lowest BCUT2D eigenvalue weighted by atomic mass is 10.1. The summed E-state index contributed by atoms with van der Waals surface area (Å²) in [6.07, 6.45) is 0.797. The Morgan fingerprint density at radius 2 is 1.76 bits per heavy atom. The van der Waals surface area contributed by atoms with Crippen molar-refractivity contribution in [1.82, 2.24) is 9.97 Å². The minimum Gasteiger partial charge on any atom is -0.342 e. The number of para-hydroxylation sites is 2. The van der Waals surface area contributed by atoms with Gasteiger partial charge in [-0.05, 0) is 29.8 Å². The van der Waals surface area contributed by atoms with Crippen LogP contribution in [0.15, 0.2) is 48.5 Å². The average molecular weight is 243 g/mol. The molecule has 0 aliphatic heterocycles. The van der Waals surface area contributed by atoms with E-state index in [0.29, 0.717) is 0 Å². The van der Waals surface area contributed by atoms with Gasteiger partial charge < -0.3 is 4.98 Å². The summed E-state index contributed by atoms with van der Waals surface area (Å²) in [6.45, 7) is 0. The van der Waals surface area contributed by atoms with Crippen molar-refractivity contribution in [2.24, 2.45) is 0 Å². The van der Waals surface area contributed by atoms with Gasteiger partial charge in [-0.15, -0.1) is 0 Å². The van der Waals surface area contributed by atoms with Gasteiger partial charge in [0, 0.05) is 11.4 Å². The first-order valence-electron chi connectivity index (χ1n) is 5.49. The third kappa shape index (κ3) is 2.17. The predicted octanol–water partition coefficient (Wildman–Crippen LogP) is 3.81. The van der Waals surface area contributed by atoms with E-state index in [0.717, 1.165) is 28.3 Å². The van der Waals surface area contributed by atoms with Crippen LogP contribution in [0.5, 0.6) is 0 Å². The molecule has 0 radical (unpaired) electrons. The Kier molecular flexibility index (Phi) is 2.57. The zero-order valence-corrected chi connectivity index (χ0v) is 9.91. The SMILES string of the molecule is Clc1ccc(Cc2nc3ccccc3[nH]2)cc1. The predicted molar refractivity (Wildman–Crippen MR) is 70.4 cm³/mol. The van der Waals surface area contributed by atoms with Crippen LogP contribution >= 0.6 is 11.6 Å². The van der Waals surface area contributed by atoms with Crippen molar-refractivity contribution >= 4 is 22.6 Å². The van der Waals surface area contributed by atoms with Gasteiger partial charge in [0.1, 0.15) is 5.82 Å². The van der Waals surface area contributed by atoms with Crippen molar-refractivity contribution in [3.05, 3.63) is 64.9 Å². The van der Waals surface area contributed by atoms with Gasteiger partial charge in [-0.25, -0.2) is 4.98 Å². The van der Waals surface area contributed by atoms with E-state index in [4.69, 9.17) is 11.6 Å². The van der Waals surface area contributed by atoms with Gasteiger partial charge in [-0.1, -0.05) is 35.9 Å². The molecule has 0 amide bonds. The molecule has 3 rings (SSSR count). The van der Waals surface area contributed by atoms with Crippen LogP contribution in [-0.2, 0) is 6.42 Å². The Morgan fingerprint density at radius 1 is 1.00 bits per heavy atom. The highest BCUT2D eigenvalue weighted by Crippen LogP contribution is 2.15. The number of hydrogen-bond acceptors (Lipinski definition) is 1. The van der Waals surface area contributed by atoms with Crippen LogP contribution in [0.3, 0.4) is 0 Å². The largest absolute Gasteiger partial charge is 0.342 e. The lowest BCUT2D eigenvalue weighted by Crippen LogP contribution is -1.89. The topological polar surface area (TPSA) is 28.7 Å². The molecule has 0 aliphatic rings. The van der Waals surface area contributed by atoms with Crippen LogP contribution in [0.4, 0.5) is 0 Å². The lowest BCUT2D eigenvalue weighted by Gasteiger charge is -1.97. The molecule has 1 heterocycles. The molecule has 0 bridgehead atoms. The van der Waals surface area contributed by atoms with Crippen LogP contribution in [0.25, 0.3) is 11.0 Å². The molecule has 0 saturated carbocycles. The van der Waals surface area contributed by atoms with Gasteiger partial charge in [0.25, 0.3) is 0 Å². The maximum atomic E-state index is 5.86. The second-order valence-electron chi connectivity index (χ2n) is 4.00. The van der Waals surface area contributed by atoms with Crippen LogP contribution in [-0.4, -0.2) is 9.97 Å². The Bertz CT molecular complexity index is 608. The highest BCUT2D eigenvalue weighted by molar-refractivity contribution is 6.30. The van der Waals surface area contributed by atoms with E-state index in [2.05, 4.69) is 9.97 Å². The number of benzene rings is 2. The average Bonchev–Trinajstić information content (AvgIpc) is 2.74. The number of nitrogens with zero attached hydrogens (tertiary/aromatic N) is 1. The molecule has 0 unspecified atom stereocenters. The van der Waals surface area contributed by atoms with E-state index >= 15 is 0 Å². The summed E-state index contributed by atoms with van der Waals surface area (Å²) in [6, 6.07) is 15.9. The molecule has 0 spiro atoms. The maximum Gasteiger partial charge on any atom is 0.111 e. The van der Waals surface area contributed by atoms with Crippen molar-refractivity contribution in [3.63, 3.8) is 0 Å². The van der Waals surface area contributed by atoms with Gasteiger partial charge in [-0.3, -0.25) is 0 Å². The number of nitrogens with one attached hydrogen (secondary N) is 1. The summed E-state index contributed by atoms with van der Waals surface area (Å²) in [7, 11) is 0. The normalized spacial score (nSPS) is 10.9. The fraction of sp³-hybridized carbons (Fsp3) is 0.0714. The Hall–Kier alpha value is -1.80. The Labute approximate surface area is 104 Å². The molecular weight excluding hydrogens is 232 g/mol. The molecule has 17 heavy (non-hydrogen) atoms. The van der Waals surface area contributed by atoms with Crippen LogP contribution < -0.4 is 0 Å². The monoisotopic (exact) mass is 242 g/mol. The molecule has 3 aromatic rings. The second-order valence-corrected chi connectivity index (χ2v) is 4.44. The van der Waals surface area contributed by atoms with Gasteiger partial charge >= 0.3 is 0 Å². The molecule has 2 aromatic carbocycles. The van der Waals surface area contributed by atoms with Gasteiger partial charge in [0.15, 0.2) is 0 Å². The molecule has 1 N–H and O–H groups in total. The number of imidazole rings is 1. The van der Waals surface area contributed by atoms with E-state index in [1.807, 2.05) is 48.5 Å². The highest BCUT2D eigenvalue weighted by atomic mass is 35.5. The van der Waals surface area contributed by atoms with Crippen molar-refractivity contribution in [1.29, 1.82) is 0 Å². The summed E-state index contributed by atoms with van der Waals surface area (Å²) < 4.78 is 0. The van der Waals surface area contributed by atoms with Gasteiger partial charge in [0.2, 0.25) is 0 Å². The molecule has 0 fully saturated rings. The fourth-order valence-electron chi connectivity index (χ4n) is 1.88. The third-order valence-electron chi connectivity index (χ3n) is 2.72. The number of fused-ring (bicyclic) bond motifs is 1. The summed E-state index contributed by atoms with van der Waals surface area (Å²) >= 11 is 5.86. The van der Waals surface area contributed by atoms with Crippen LogP contribution in [0.2, 0.25) is 5.02 Å². The van der Waals surface area contributed by atoms with Crippen LogP contribution in [0, 0.1) is 0 Å². The number of halogens is 1. The van der Waals surface area contributed by atoms with Gasteiger partial charge in [0.05, 0.1) is 11.0 Å². The lowest BCUT2D eigenvalue weighted by molar-refractivity contribution is 1.04. The maximum absolute atomic E-state index is 5.86. The fourth-order valence-corrected chi connectivity index (χ4v) is 2.01. The van der Waals surface area contributed by atoms with E-state index in [1.54, 1.807) is 0 Å². The number of aromatic nitrogens is 2. The van der Waals surface area contributed by atoms with E-state index in [1.165, 1.54) is 5.56 Å². The first-order chi connectivity index (χ1) is 8.31. The summed E-state index contributed by atoms with van der Waals surface area (Å²) in [5.41, 5.74) is 3.29. The Balaban J connectivity index is 1.92. The minimum absolute atomic E-state index is 0.762. The van der Waals surface area contributed by atoms with Crippen molar-refractivity contribution in [3.8, 4) is 0 Å². The van der Waals surface area contributed by atoms with Gasteiger partial charge in [-0.2, -0.15) is 0 Å². The summed E-state index contributed by atoms with van der Waals surface area (Å²) in [5, 5.41) is 0.762. The zero-order valence-electron chi connectivity index (χ0n) is 9.15. The zero-order chi connectivity index (χ0) is 11.7. The first-order valence-corrected chi connectivity index (χ1v) is 5.87. The highest BCUT2D eigenvalue weighted by Gasteiger charge is 2.02. The smallest absolute Gasteiger partial charge is 0.111 e. The number of hydrogen-bond donors (Lipinski definition) is 1. The number of rotatable bonds is 2. The minimum atomic E-state index is 0.762. The molecule has 2 nitrogen and oxygen atoms in total. The van der Waals surface area contributed by atoms with Crippen molar-refractivity contribution < 1.29 is 0 Å². The van der Waals surface area contributed by atoms with E-state index < -0.39 is 0 Å². The summed E-state index contributed by atoms with van der Waals surface area (Å²) in [5.74, 6) is 0.980. The molecule has 3 heteroatoms. The summed E-state index contributed by atoms with van der Waals surface area (Å²) in [4.78, 5) is 7.86. The van der Waals surface area contributed by atoms with E-state index in [9.17, 15) is 0 Å². The molecule has 0 atom stereocenters. The molecular formula is C14H11ClN2. The van der Waals surface area contributed by atoms with Crippen molar-refractivity contribution in [2.75, 3.05) is 0 Å². The molecule has 0 saturated heterocycles. The third-order valence-corrected chi connectivity index (χ3v) is 2.98. The standard InChI is InChI=1S/C14H11ClN2/c15-11-7-5-10(6-8-11)9-14-16-12-3-1-2-4-13(12)17-14/h1-8H,9H2,(H,16,17). The number of aromatic amines is 1. The molecule has 84 valence electrons. The van der Waals surface area contributed by atoms with Crippen LogP contribution in [0.1, 0.15) is 11.4 Å². The molecule has 0 aliphatic carbocycles. The molecule has 1 aromatic heterocycles. The first kappa shape index (κ1) is 10.4. The Morgan fingerprint density at radius 3 is 2.53 bits per heavy atom. The van der Waals surface area contributed by atoms with E-state index in [-0.39, 0.29) is 0 Å². The van der Waals surface area contributed by atoms with Crippen molar-refractivity contribution in [2.45, 2.75) is 6.42 Å². The number of H-pyrrole nitrogens is 1.